The number of aldehydes is 1. The summed E-state index contributed by atoms with van der Waals surface area (Å²) in [6.07, 6.45) is 0.504. The number of aromatic hydroxyl groups is 1. The first-order valence-electron chi connectivity index (χ1n) is 9.62. The molecule has 3 aromatic rings. The van der Waals surface area contributed by atoms with Crippen molar-refractivity contribution < 1.29 is 19.4 Å². The Morgan fingerprint density at radius 3 is 2.61 bits per heavy atom. The Labute approximate surface area is 182 Å². The highest BCUT2D eigenvalue weighted by Gasteiger charge is 2.28. The van der Waals surface area contributed by atoms with E-state index >= 15 is 0 Å². The summed E-state index contributed by atoms with van der Waals surface area (Å²) >= 11 is 6.27. The van der Waals surface area contributed by atoms with Crippen LogP contribution in [0.5, 0.6) is 5.75 Å². The van der Waals surface area contributed by atoms with Crippen molar-refractivity contribution in [2.75, 3.05) is 6.54 Å². The second-order valence-electron chi connectivity index (χ2n) is 7.09. The second-order valence-corrected chi connectivity index (χ2v) is 7.49. The monoisotopic (exact) mass is 438 g/mol. The molecule has 31 heavy (non-hydrogen) atoms. The molecule has 1 aliphatic heterocycles. The third-order valence-corrected chi connectivity index (χ3v) is 5.52. The lowest BCUT2D eigenvalue weighted by Gasteiger charge is -2.16. The Hall–Kier alpha value is -3.42. The van der Waals surface area contributed by atoms with Gasteiger partial charge >= 0.3 is 0 Å². The van der Waals surface area contributed by atoms with E-state index in [9.17, 15) is 19.5 Å². The molecule has 7 nitrogen and oxygen atoms in total. The Balaban J connectivity index is 1.71. The third-order valence-electron chi connectivity index (χ3n) is 5.19. The first-order chi connectivity index (χ1) is 15.0. The highest BCUT2D eigenvalue weighted by atomic mass is 35.5. The summed E-state index contributed by atoms with van der Waals surface area (Å²) in [5, 5.41) is 13.4. The maximum atomic E-state index is 13.1. The summed E-state index contributed by atoms with van der Waals surface area (Å²) in [4.78, 5) is 36.0. The Kier molecular flexibility index (Phi) is 5.88. The minimum absolute atomic E-state index is 0.0981. The molecule has 2 aromatic carbocycles. The molecule has 158 valence electrons. The summed E-state index contributed by atoms with van der Waals surface area (Å²) < 4.78 is 6.85. The van der Waals surface area contributed by atoms with Gasteiger partial charge in [0.2, 0.25) is 0 Å². The van der Waals surface area contributed by atoms with E-state index < -0.39 is 22.8 Å². The SMILES string of the molecule is O=CCNC(=O)c1c(O)c2c(n(Cc3ccc(-c4ccccc4Cl)cc3)c1=O)COC2. The topological polar surface area (TPSA) is 97.6 Å². The van der Waals surface area contributed by atoms with E-state index in [0.717, 1.165) is 16.7 Å². The standard InChI is InChI=1S/C23H19ClN2O5/c24-18-4-2-1-3-16(18)15-7-5-14(6-8-15)11-26-19-13-31-12-17(19)21(28)20(23(26)30)22(29)25-9-10-27/h1-8,10,28H,9,11-13H2,(H,25,29). The number of ether oxygens (including phenoxy) is 1. The zero-order valence-corrected chi connectivity index (χ0v) is 17.2. The van der Waals surface area contributed by atoms with E-state index in [4.69, 9.17) is 16.3 Å². The minimum atomic E-state index is -0.799. The minimum Gasteiger partial charge on any atom is -0.506 e. The van der Waals surface area contributed by atoms with Crippen molar-refractivity contribution in [1.82, 2.24) is 9.88 Å². The Morgan fingerprint density at radius 1 is 1.16 bits per heavy atom. The van der Waals surface area contributed by atoms with Crippen molar-refractivity contribution in [2.45, 2.75) is 19.8 Å². The number of aromatic nitrogens is 1. The predicted octanol–water partition coefficient (Wildman–Crippen LogP) is 2.88. The van der Waals surface area contributed by atoms with Gasteiger partial charge in [-0.05, 0) is 17.2 Å². The first-order valence-corrected chi connectivity index (χ1v) is 10.00. The van der Waals surface area contributed by atoms with E-state index in [0.29, 0.717) is 22.6 Å². The molecule has 4 rings (SSSR count). The number of rotatable bonds is 6. The molecule has 8 heteroatoms. The number of hydrogen-bond acceptors (Lipinski definition) is 5. The van der Waals surface area contributed by atoms with E-state index in [2.05, 4.69) is 5.32 Å². The average Bonchev–Trinajstić information content (AvgIpc) is 3.26. The average molecular weight is 439 g/mol. The van der Waals surface area contributed by atoms with Crippen molar-refractivity contribution in [3.8, 4) is 16.9 Å². The van der Waals surface area contributed by atoms with Gasteiger partial charge < -0.3 is 24.5 Å². The maximum absolute atomic E-state index is 13.1. The fourth-order valence-electron chi connectivity index (χ4n) is 3.64. The van der Waals surface area contributed by atoms with Crippen LogP contribution >= 0.6 is 11.6 Å². The molecule has 2 N–H and O–H groups in total. The number of fused-ring (bicyclic) bond motifs is 1. The molecule has 0 bridgehead atoms. The van der Waals surface area contributed by atoms with Crippen molar-refractivity contribution in [3.63, 3.8) is 0 Å². The number of hydrogen-bond donors (Lipinski definition) is 2. The molecule has 1 aromatic heterocycles. The number of pyridine rings is 1. The van der Waals surface area contributed by atoms with Gasteiger partial charge in [0.15, 0.2) is 0 Å². The summed E-state index contributed by atoms with van der Waals surface area (Å²) in [7, 11) is 0. The lowest BCUT2D eigenvalue weighted by Crippen LogP contribution is -2.35. The molecule has 0 radical (unpaired) electrons. The molecule has 0 unspecified atom stereocenters. The summed E-state index contributed by atoms with van der Waals surface area (Å²) in [5.74, 6) is -1.20. The predicted molar refractivity (Wildman–Crippen MR) is 115 cm³/mol. The van der Waals surface area contributed by atoms with E-state index in [-0.39, 0.29) is 26.3 Å². The van der Waals surface area contributed by atoms with Crippen molar-refractivity contribution >= 4 is 23.8 Å². The van der Waals surface area contributed by atoms with E-state index in [1.807, 2.05) is 48.5 Å². The van der Waals surface area contributed by atoms with Gasteiger partial charge in [0.1, 0.15) is 17.6 Å². The van der Waals surface area contributed by atoms with Gasteiger partial charge in [-0.25, -0.2) is 0 Å². The van der Waals surface area contributed by atoms with Crippen LogP contribution in [-0.2, 0) is 29.3 Å². The molecule has 1 amide bonds. The smallest absolute Gasteiger partial charge is 0.267 e. The molecule has 1 aliphatic rings. The zero-order valence-electron chi connectivity index (χ0n) is 16.4. The summed E-state index contributed by atoms with van der Waals surface area (Å²) in [6, 6.07) is 15.1. The van der Waals surface area contributed by atoms with Gasteiger partial charge in [-0.3, -0.25) is 9.59 Å². The number of carbonyl (C=O) groups is 2. The Bertz CT molecular complexity index is 1220. The van der Waals surface area contributed by atoms with Crippen LogP contribution in [0, 0.1) is 0 Å². The van der Waals surface area contributed by atoms with E-state index in [1.54, 1.807) is 0 Å². The lowest BCUT2D eigenvalue weighted by molar-refractivity contribution is -0.107. The van der Waals surface area contributed by atoms with Crippen LogP contribution in [0.25, 0.3) is 11.1 Å². The number of amides is 1. The molecule has 0 fully saturated rings. The van der Waals surface area contributed by atoms with Crippen LogP contribution in [0.4, 0.5) is 0 Å². The molecule has 2 heterocycles. The van der Waals surface area contributed by atoms with Gasteiger partial charge in [-0.2, -0.15) is 0 Å². The molecular formula is C23H19ClN2O5. The fourth-order valence-corrected chi connectivity index (χ4v) is 3.88. The van der Waals surface area contributed by atoms with Crippen LogP contribution in [0.3, 0.4) is 0 Å². The molecular weight excluding hydrogens is 420 g/mol. The summed E-state index contributed by atoms with van der Waals surface area (Å²) in [6.45, 7) is 0.198. The van der Waals surface area contributed by atoms with Crippen LogP contribution in [0.2, 0.25) is 5.02 Å². The van der Waals surface area contributed by atoms with Crippen LogP contribution in [0.1, 0.15) is 27.2 Å². The van der Waals surface area contributed by atoms with Crippen LogP contribution in [0.15, 0.2) is 53.3 Å². The Morgan fingerprint density at radius 2 is 1.90 bits per heavy atom. The highest BCUT2D eigenvalue weighted by molar-refractivity contribution is 6.33. The first kappa shape index (κ1) is 20.8. The second kappa shape index (κ2) is 8.75. The highest BCUT2D eigenvalue weighted by Crippen LogP contribution is 2.31. The normalized spacial score (nSPS) is 12.4. The zero-order chi connectivity index (χ0) is 22.0. The van der Waals surface area contributed by atoms with Gasteiger partial charge in [0, 0.05) is 16.1 Å². The number of benzene rings is 2. The molecule has 0 aliphatic carbocycles. The largest absolute Gasteiger partial charge is 0.506 e. The van der Waals surface area contributed by atoms with Crippen molar-refractivity contribution in [1.29, 1.82) is 0 Å². The van der Waals surface area contributed by atoms with Crippen LogP contribution < -0.4 is 10.9 Å². The van der Waals surface area contributed by atoms with Gasteiger partial charge in [0.05, 0.1) is 32.0 Å². The lowest BCUT2D eigenvalue weighted by atomic mass is 10.0. The number of halogens is 1. The van der Waals surface area contributed by atoms with Crippen molar-refractivity contribution in [3.05, 3.63) is 86.3 Å². The van der Waals surface area contributed by atoms with E-state index in [1.165, 1.54) is 4.57 Å². The number of nitrogens with one attached hydrogen (secondary N) is 1. The van der Waals surface area contributed by atoms with Crippen LogP contribution in [-0.4, -0.2) is 28.4 Å². The number of nitrogens with zero attached hydrogens (tertiary/aromatic N) is 1. The molecule has 0 saturated carbocycles. The molecule has 0 atom stereocenters. The quantitative estimate of drug-likeness (QED) is 0.577. The maximum Gasteiger partial charge on any atom is 0.267 e. The van der Waals surface area contributed by atoms with Gasteiger partial charge in [-0.1, -0.05) is 54.1 Å². The summed E-state index contributed by atoms with van der Waals surface area (Å²) in [5.41, 5.74) is 2.58. The van der Waals surface area contributed by atoms with Gasteiger partial charge in [0.25, 0.3) is 11.5 Å². The van der Waals surface area contributed by atoms with Crippen molar-refractivity contribution in [2.24, 2.45) is 0 Å². The third kappa shape index (κ3) is 3.97. The molecule has 0 saturated heterocycles. The van der Waals surface area contributed by atoms with Gasteiger partial charge in [-0.15, -0.1) is 0 Å². The molecule has 0 spiro atoms. The number of carbonyl (C=O) groups excluding carboxylic acids is 2. The fraction of sp³-hybridized carbons (Fsp3) is 0.174.